The molecule has 0 heterocycles. The van der Waals surface area contributed by atoms with E-state index in [-0.39, 0.29) is 10.9 Å². The van der Waals surface area contributed by atoms with Crippen LogP contribution in [0.3, 0.4) is 0 Å². The fourth-order valence-corrected chi connectivity index (χ4v) is 3.38. The molecule has 9 heteroatoms. The minimum atomic E-state index is -3.97. The van der Waals surface area contributed by atoms with Crippen LogP contribution >= 0.6 is 0 Å². The van der Waals surface area contributed by atoms with Crippen LogP contribution in [-0.4, -0.2) is 52.0 Å². The first kappa shape index (κ1) is 17.3. The zero-order chi connectivity index (χ0) is 16.2. The fourth-order valence-electron chi connectivity index (χ4n) is 1.95. The van der Waals surface area contributed by atoms with Gasteiger partial charge in [-0.25, -0.2) is 13.1 Å². The topological polar surface area (TPSA) is 105 Å². The molecule has 0 radical (unpaired) electrons. The monoisotopic (exact) mass is 316 g/mol. The van der Waals surface area contributed by atoms with Crippen LogP contribution in [0.1, 0.15) is 6.92 Å². The highest BCUT2D eigenvalue weighted by molar-refractivity contribution is 7.89. The molecule has 21 heavy (non-hydrogen) atoms. The SMILES string of the molecule is CNc1ccc([N+](=O)[O-])c(S(=O)(=O)NC(C)CN(C)C)c1. The Kier molecular flexibility index (Phi) is 5.64. The first-order valence-electron chi connectivity index (χ1n) is 6.30. The molecule has 1 aromatic carbocycles. The van der Waals surface area contributed by atoms with E-state index in [1.807, 2.05) is 19.0 Å². The van der Waals surface area contributed by atoms with Gasteiger partial charge in [0, 0.05) is 31.4 Å². The molecule has 0 saturated carbocycles. The molecule has 8 nitrogen and oxygen atoms in total. The summed E-state index contributed by atoms with van der Waals surface area (Å²) in [6, 6.07) is 3.52. The van der Waals surface area contributed by atoms with Gasteiger partial charge in [-0.05, 0) is 33.2 Å². The molecule has 1 aromatic rings. The zero-order valence-corrected chi connectivity index (χ0v) is 13.3. The predicted octanol–water partition coefficient (Wildman–Crippen LogP) is 0.865. The maximum absolute atomic E-state index is 12.4. The van der Waals surface area contributed by atoms with Crippen molar-refractivity contribution in [2.45, 2.75) is 17.9 Å². The summed E-state index contributed by atoms with van der Waals surface area (Å²) < 4.78 is 27.2. The van der Waals surface area contributed by atoms with Crippen LogP contribution in [0.4, 0.5) is 11.4 Å². The van der Waals surface area contributed by atoms with Gasteiger partial charge < -0.3 is 10.2 Å². The number of nitrogens with one attached hydrogen (secondary N) is 2. The van der Waals surface area contributed by atoms with Crippen LogP contribution in [0, 0.1) is 10.1 Å². The summed E-state index contributed by atoms with van der Waals surface area (Å²) in [4.78, 5) is 11.8. The van der Waals surface area contributed by atoms with Crippen LogP contribution < -0.4 is 10.0 Å². The lowest BCUT2D eigenvalue weighted by Gasteiger charge is -2.18. The highest BCUT2D eigenvalue weighted by Crippen LogP contribution is 2.27. The van der Waals surface area contributed by atoms with Crippen molar-refractivity contribution in [1.82, 2.24) is 9.62 Å². The largest absolute Gasteiger partial charge is 0.388 e. The van der Waals surface area contributed by atoms with E-state index in [2.05, 4.69) is 10.0 Å². The van der Waals surface area contributed by atoms with Crippen LogP contribution in [-0.2, 0) is 10.0 Å². The lowest BCUT2D eigenvalue weighted by Crippen LogP contribution is -2.39. The summed E-state index contributed by atoms with van der Waals surface area (Å²) in [6.45, 7) is 2.18. The van der Waals surface area contributed by atoms with Gasteiger partial charge in [0.15, 0.2) is 4.90 Å². The third-order valence-electron chi connectivity index (χ3n) is 2.73. The van der Waals surface area contributed by atoms with Gasteiger partial charge in [-0.1, -0.05) is 0 Å². The first-order chi connectivity index (χ1) is 9.67. The van der Waals surface area contributed by atoms with E-state index in [9.17, 15) is 18.5 Å². The molecule has 0 aliphatic carbocycles. The van der Waals surface area contributed by atoms with Gasteiger partial charge in [-0.3, -0.25) is 10.1 Å². The molecule has 1 unspecified atom stereocenters. The number of benzene rings is 1. The average molecular weight is 316 g/mol. The number of likely N-dealkylation sites (N-methyl/N-ethyl adjacent to an activating group) is 1. The van der Waals surface area contributed by atoms with Crippen molar-refractivity contribution in [1.29, 1.82) is 0 Å². The second-order valence-electron chi connectivity index (χ2n) is 4.97. The Morgan fingerprint density at radius 3 is 2.48 bits per heavy atom. The Hall–Kier alpha value is -1.71. The quantitative estimate of drug-likeness (QED) is 0.571. The van der Waals surface area contributed by atoms with E-state index in [0.29, 0.717) is 12.2 Å². The number of hydrogen-bond acceptors (Lipinski definition) is 6. The van der Waals surface area contributed by atoms with Crippen molar-refractivity contribution in [2.24, 2.45) is 0 Å². The van der Waals surface area contributed by atoms with Gasteiger partial charge in [-0.2, -0.15) is 0 Å². The summed E-state index contributed by atoms with van der Waals surface area (Å²) in [5, 5.41) is 13.8. The molecule has 118 valence electrons. The van der Waals surface area contributed by atoms with E-state index in [1.165, 1.54) is 18.2 Å². The first-order valence-corrected chi connectivity index (χ1v) is 7.79. The summed E-state index contributed by atoms with van der Waals surface area (Å²) in [7, 11) is 1.27. The molecule has 0 fully saturated rings. The van der Waals surface area contributed by atoms with Gasteiger partial charge >= 0.3 is 0 Å². The summed E-state index contributed by atoms with van der Waals surface area (Å²) >= 11 is 0. The van der Waals surface area contributed by atoms with Gasteiger partial charge in [-0.15, -0.1) is 0 Å². The standard InChI is InChI=1S/C12H20N4O4S/c1-9(8-15(3)4)14-21(19,20)12-7-10(13-2)5-6-11(12)16(17)18/h5-7,9,13-14H,8H2,1-4H3. The lowest BCUT2D eigenvalue weighted by atomic mass is 10.3. The van der Waals surface area contributed by atoms with E-state index < -0.39 is 20.6 Å². The molecule has 0 bridgehead atoms. The molecule has 0 spiro atoms. The molecular weight excluding hydrogens is 296 g/mol. The smallest absolute Gasteiger partial charge is 0.289 e. The van der Waals surface area contributed by atoms with Crippen LogP contribution in [0.15, 0.2) is 23.1 Å². The second-order valence-corrected chi connectivity index (χ2v) is 6.66. The van der Waals surface area contributed by atoms with Gasteiger partial charge in [0.1, 0.15) is 0 Å². The van der Waals surface area contributed by atoms with Crippen molar-refractivity contribution in [2.75, 3.05) is 33.0 Å². The van der Waals surface area contributed by atoms with E-state index in [4.69, 9.17) is 0 Å². The van der Waals surface area contributed by atoms with Gasteiger partial charge in [0.2, 0.25) is 10.0 Å². The molecule has 1 atom stereocenters. The Morgan fingerprint density at radius 1 is 1.38 bits per heavy atom. The molecule has 2 N–H and O–H groups in total. The summed E-state index contributed by atoms with van der Waals surface area (Å²) in [5.74, 6) is 0. The number of hydrogen-bond donors (Lipinski definition) is 2. The number of anilines is 1. The van der Waals surface area contributed by atoms with Crippen molar-refractivity contribution in [3.8, 4) is 0 Å². The van der Waals surface area contributed by atoms with Crippen molar-refractivity contribution >= 4 is 21.4 Å². The fraction of sp³-hybridized carbons (Fsp3) is 0.500. The van der Waals surface area contributed by atoms with Crippen molar-refractivity contribution in [3.05, 3.63) is 28.3 Å². The van der Waals surface area contributed by atoms with Gasteiger partial charge in [0.25, 0.3) is 5.69 Å². The summed E-state index contributed by atoms with van der Waals surface area (Å²) in [5.41, 5.74) is 0.0415. The highest BCUT2D eigenvalue weighted by Gasteiger charge is 2.27. The number of sulfonamides is 1. The molecular formula is C12H20N4O4S. The molecule has 1 rings (SSSR count). The minimum Gasteiger partial charge on any atom is -0.388 e. The maximum Gasteiger partial charge on any atom is 0.289 e. The molecule has 0 amide bonds. The number of nitrogens with zero attached hydrogens (tertiary/aromatic N) is 2. The second kappa shape index (κ2) is 6.83. The molecule has 0 aliphatic rings. The van der Waals surface area contributed by atoms with Crippen LogP contribution in [0.25, 0.3) is 0 Å². The Balaban J connectivity index is 3.20. The highest BCUT2D eigenvalue weighted by atomic mass is 32.2. The predicted molar refractivity (Wildman–Crippen MR) is 81.0 cm³/mol. The van der Waals surface area contributed by atoms with Crippen LogP contribution in [0.5, 0.6) is 0 Å². The number of nitro benzene ring substituents is 1. The lowest BCUT2D eigenvalue weighted by molar-refractivity contribution is -0.387. The Morgan fingerprint density at radius 2 is 2.00 bits per heavy atom. The van der Waals surface area contributed by atoms with E-state index >= 15 is 0 Å². The molecule has 0 saturated heterocycles. The molecule has 0 aliphatic heterocycles. The normalized spacial score (nSPS) is 13.2. The van der Waals surface area contributed by atoms with Crippen molar-refractivity contribution < 1.29 is 13.3 Å². The Labute approximate surface area is 124 Å². The number of nitro groups is 1. The molecule has 0 aromatic heterocycles. The summed E-state index contributed by atoms with van der Waals surface area (Å²) in [6.07, 6.45) is 0. The Bertz CT molecular complexity index is 616. The number of rotatable bonds is 7. The van der Waals surface area contributed by atoms with Crippen molar-refractivity contribution in [3.63, 3.8) is 0 Å². The van der Waals surface area contributed by atoms with E-state index in [0.717, 1.165) is 0 Å². The zero-order valence-electron chi connectivity index (χ0n) is 12.5. The van der Waals surface area contributed by atoms with Crippen LogP contribution in [0.2, 0.25) is 0 Å². The third-order valence-corrected chi connectivity index (χ3v) is 4.35. The maximum atomic E-state index is 12.4. The van der Waals surface area contributed by atoms with E-state index in [1.54, 1.807) is 14.0 Å². The minimum absolute atomic E-state index is 0.343. The van der Waals surface area contributed by atoms with Gasteiger partial charge in [0.05, 0.1) is 4.92 Å². The average Bonchev–Trinajstić information content (AvgIpc) is 2.36. The third kappa shape index (κ3) is 4.66.